The molecule has 1 saturated carbocycles. The summed E-state index contributed by atoms with van der Waals surface area (Å²) in [5, 5.41) is 9.42. The van der Waals surface area contributed by atoms with Gasteiger partial charge in [0.2, 0.25) is 11.8 Å². The van der Waals surface area contributed by atoms with E-state index in [1.165, 1.54) is 12.1 Å². The summed E-state index contributed by atoms with van der Waals surface area (Å²) in [5.74, 6) is 0.381. The van der Waals surface area contributed by atoms with Crippen LogP contribution in [0.15, 0.2) is 24.3 Å². The molecule has 6 nitrogen and oxygen atoms in total. The van der Waals surface area contributed by atoms with Crippen molar-refractivity contribution in [1.82, 2.24) is 14.7 Å². The first-order valence-corrected chi connectivity index (χ1v) is 11.8. The first-order chi connectivity index (χ1) is 15.3. The maximum atomic E-state index is 13.4. The van der Waals surface area contributed by atoms with Gasteiger partial charge in [-0.05, 0) is 48.8 Å². The van der Waals surface area contributed by atoms with Crippen LogP contribution in [0.2, 0.25) is 0 Å². The molecule has 7 atom stereocenters. The van der Waals surface area contributed by atoms with Gasteiger partial charge in [-0.1, -0.05) is 32.9 Å². The smallest absolute Gasteiger partial charge is 0.240 e. The summed E-state index contributed by atoms with van der Waals surface area (Å²) in [4.78, 5) is 32.5. The quantitative estimate of drug-likeness (QED) is 0.685. The third kappa shape index (κ3) is 3.40. The van der Waals surface area contributed by atoms with Crippen LogP contribution in [-0.2, 0) is 9.59 Å². The Morgan fingerprint density at radius 2 is 1.91 bits per heavy atom. The number of carbonyl (C=O) groups excluding carboxylic acids is 2. The van der Waals surface area contributed by atoms with E-state index in [0.29, 0.717) is 12.5 Å². The van der Waals surface area contributed by atoms with Gasteiger partial charge in [0.25, 0.3) is 0 Å². The number of piperidine rings is 1. The standard InChI is InChI=1S/C25H31FN4O2/c1-14(2)23(16-4-6-18(26)7-5-16)30-20-10-22(25(30)32)28(13-20)12-15(3)24(31)29-19(11-27)8-17-9-21(17)29/h4-7,14-15,17,19-23H,8-10,12-13H2,1-3H3/t15-,17+,19-,20-,21?,22-,23-/m0/s1. The lowest BCUT2D eigenvalue weighted by atomic mass is 9.93. The number of carbonyl (C=O) groups is 2. The molecule has 5 rings (SSSR count). The van der Waals surface area contributed by atoms with Crippen LogP contribution in [0.25, 0.3) is 0 Å². The highest BCUT2D eigenvalue weighted by Gasteiger charge is 2.56. The Morgan fingerprint density at radius 3 is 2.53 bits per heavy atom. The maximum Gasteiger partial charge on any atom is 0.240 e. The zero-order chi connectivity index (χ0) is 22.7. The van der Waals surface area contributed by atoms with E-state index in [9.17, 15) is 19.2 Å². The number of piperazine rings is 1. The summed E-state index contributed by atoms with van der Waals surface area (Å²) in [5.41, 5.74) is 0.966. The Kier molecular flexibility index (Phi) is 5.24. The number of likely N-dealkylation sites (tertiary alicyclic amines) is 3. The number of halogens is 1. The molecule has 1 aliphatic carbocycles. The summed E-state index contributed by atoms with van der Waals surface area (Å²) in [6, 6.07) is 8.58. The van der Waals surface area contributed by atoms with Gasteiger partial charge in [-0.15, -0.1) is 0 Å². The highest BCUT2D eigenvalue weighted by molar-refractivity contribution is 5.86. The second kappa shape index (κ2) is 7.84. The molecule has 0 N–H and O–H groups in total. The van der Waals surface area contributed by atoms with Crippen molar-refractivity contribution in [2.24, 2.45) is 17.8 Å². The number of hydrogen-bond donors (Lipinski definition) is 0. The van der Waals surface area contributed by atoms with Crippen LogP contribution in [0.4, 0.5) is 4.39 Å². The van der Waals surface area contributed by atoms with E-state index in [1.54, 1.807) is 12.1 Å². The van der Waals surface area contributed by atoms with E-state index < -0.39 is 0 Å². The van der Waals surface area contributed by atoms with Gasteiger partial charge in [0.05, 0.1) is 18.2 Å². The fourth-order valence-electron chi connectivity index (χ4n) is 6.36. The highest BCUT2D eigenvalue weighted by atomic mass is 19.1. The number of nitrogens with zero attached hydrogens (tertiary/aromatic N) is 4. The fourth-order valence-corrected chi connectivity index (χ4v) is 6.36. The van der Waals surface area contributed by atoms with Crippen molar-refractivity contribution < 1.29 is 14.0 Å². The molecule has 3 saturated heterocycles. The van der Waals surface area contributed by atoms with Crippen LogP contribution >= 0.6 is 0 Å². The molecule has 1 aromatic carbocycles. The molecule has 2 bridgehead atoms. The van der Waals surface area contributed by atoms with E-state index in [1.807, 2.05) is 16.7 Å². The molecule has 0 spiro atoms. The van der Waals surface area contributed by atoms with Crippen molar-refractivity contribution in [2.75, 3.05) is 13.1 Å². The molecule has 170 valence electrons. The van der Waals surface area contributed by atoms with Gasteiger partial charge in [-0.25, -0.2) is 4.39 Å². The van der Waals surface area contributed by atoms with Crippen molar-refractivity contribution in [2.45, 2.75) is 70.2 Å². The predicted molar refractivity (Wildman–Crippen MR) is 117 cm³/mol. The van der Waals surface area contributed by atoms with Crippen LogP contribution in [-0.4, -0.2) is 63.8 Å². The minimum atomic E-state index is -0.289. The van der Waals surface area contributed by atoms with E-state index in [-0.39, 0.29) is 59.7 Å². The molecular formula is C25H31FN4O2. The van der Waals surface area contributed by atoms with Gasteiger partial charge in [-0.2, -0.15) is 5.26 Å². The van der Waals surface area contributed by atoms with Crippen LogP contribution < -0.4 is 0 Å². The van der Waals surface area contributed by atoms with Crippen molar-refractivity contribution in [3.63, 3.8) is 0 Å². The maximum absolute atomic E-state index is 13.4. The van der Waals surface area contributed by atoms with E-state index in [0.717, 1.165) is 31.4 Å². The Hall–Kier alpha value is -2.46. The van der Waals surface area contributed by atoms with E-state index in [4.69, 9.17) is 0 Å². The lowest BCUT2D eigenvalue weighted by Crippen LogP contribution is -2.54. The van der Waals surface area contributed by atoms with Gasteiger partial charge in [-0.3, -0.25) is 14.5 Å². The molecule has 1 unspecified atom stereocenters. The first-order valence-electron chi connectivity index (χ1n) is 11.8. The van der Waals surface area contributed by atoms with Gasteiger partial charge in [0, 0.05) is 31.1 Å². The first kappa shape index (κ1) is 21.4. The van der Waals surface area contributed by atoms with Crippen LogP contribution in [0, 0.1) is 34.9 Å². The van der Waals surface area contributed by atoms with Gasteiger partial charge >= 0.3 is 0 Å². The molecule has 32 heavy (non-hydrogen) atoms. The summed E-state index contributed by atoms with van der Waals surface area (Å²) >= 11 is 0. The fraction of sp³-hybridized carbons (Fsp3) is 0.640. The minimum absolute atomic E-state index is 0.0556. The topological polar surface area (TPSA) is 67.7 Å². The Balaban J connectivity index is 1.27. The van der Waals surface area contributed by atoms with Crippen LogP contribution in [0.3, 0.4) is 0 Å². The molecule has 0 radical (unpaired) electrons. The van der Waals surface area contributed by atoms with Gasteiger partial charge in [0.15, 0.2) is 0 Å². The lowest BCUT2D eigenvalue weighted by Gasteiger charge is -2.41. The molecular weight excluding hydrogens is 407 g/mol. The number of nitriles is 1. The van der Waals surface area contributed by atoms with Gasteiger partial charge < -0.3 is 9.80 Å². The third-order valence-corrected chi connectivity index (χ3v) is 7.89. The normalized spacial score (nSPS) is 32.9. The zero-order valence-corrected chi connectivity index (χ0v) is 18.9. The summed E-state index contributed by atoms with van der Waals surface area (Å²) in [7, 11) is 0. The monoisotopic (exact) mass is 438 g/mol. The largest absolute Gasteiger partial charge is 0.330 e. The second-order valence-corrected chi connectivity index (χ2v) is 10.4. The third-order valence-electron chi connectivity index (χ3n) is 7.89. The average Bonchev–Trinajstić information content (AvgIpc) is 3.10. The van der Waals surface area contributed by atoms with Crippen molar-refractivity contribution in [1.29, 1.82) is 5.26 Å². The molecule has 3 aliphatic heterocycles. The van der Waals surface area contributed by atoms with Crippen LogP contribution in [0.5, 0.6) is 0 Å². The number of benzene rings is 1. The van der Waals surface area contributed by atoms with Crippen molar-refractivity contribution in [3.8, 4) is 6.07 Å². The molecule has 1 aromatic rings. The Labute approximate surface area is 189 Å². The number of rotatable bonds is 6. The van der Waals surface area contributed by atoms with Crippen molar-refractivity contribution in [3.05, 3.63) is 35.6 Å². The molecule has 4 aliphatic rings. The predicted octanol–water partition coefficient (Wildman–Crippen LogP) is 2.96. The number of amides is 2. The molecule has 4 fully saturated rings. The Morgan fingerprint density at radius 1 is 1.19 bits per heavy atom. The minimum Gasteiger partial charge on any atom is -0.330 e. The average molecular weight is 439 g/mol. The molecule has 3 heterocycles. The van der Waals surface area contributed by atoms with E-state index >= 15 is 0 Å². The SMILES string of the molecule is CC(C)[C@@H](c1ccc(F)cc1)N1C(=O)[C@@H]2C[C@H]1CN2C[C@H](C)C(=O)N1C2C[C@H]2C[C@H]1C#N. The molecule has 7 heteroatoms. The second-order valence-electron chi connectivity index (χ2n) is 10.4. The molecule has 2 amide bonds. The summed E-state index contributed by atoms with van der Waals surface area (Å²) in [6.07, 6.45) is 2.61. The number of fused-ring (bicyclic) bond motifs is 3. The van der Waals surface area contributed by atoms with Gasteiger partial charge in [0.1, 0.15) is 11.9 Å². The molecule has 0 aromatic heterocycles. The van der Waals surface area contributed by atoms with Crippen molar-refractivity contribution >= 4 is 11.8 Å². The number of hydrogen-bond acceptors (Lipinski definition) is 4. The lowest BCUT2D eigenvalue weighted by molar-refractivity contribution is -0.143. The zero-order valence-electron chi connectivity index (χ0n) is 18.9. The van der Waals surface area contributed by atoms with E-state index in [2.05, 4.69) is 24.8 Å². The van der Waals surface area contributed by atoms with Crippen LogP contribution in [0.1, 0.15) is 51.6 Å². The Bertz CT molecular complexity index is 958. The summed E-state index contributed by atoms with van der Waals surface area (Å²) in [6.45, 7) is 7.42. The highest BCUT2D eigenvalue weighted by Crippen LogP contribution is 2.48. The summed E-state index contributed by atoms with van der Waals surface area (Å²) < 4.78 is 13.4.